The molecule has 0 aliphatic carbocycles. The molecule has 35 heavy (non-hydrogen) atoms. The van der Waals surface area contributed by atoms with Crippen molar-refractivity contribution in [3.05, 3.63) is 95.1 Å². The molecule has 0 radical (unpaired) electrons. The Labute approximate surface area is 205 Å². The highest BCUT2D eigenvalue weighted by Crippen LogP contribution is 2.29. The Bertz CT molecular complexity index is 1290. The number of carbonyl (C=O) groups is 2. The smallest absolute Gasteiger partial charge is 0.335 e. The largest absolute Gasteiger partial charge is 0.478 e. The van der Waals surface area contributed by atoms with E-state index in [0.29, 0.717) is 28.6 Å². The minimum absolute atomic E-state index is 0.0323. The van der Waals surface area contributed by atoms with Gasteiger partial charge in [-0.15, -0.1) is 0 Å². The predicted molar refractivity (Wildman–Crippen MR) is 138 cm³/mol. The fourth-order valence-corrected chi connectivity index (χ4v) is 3.77. The second-order valence-corrected chi connectivity index (χ2v) is 9.06. The monoisotopic (exact) mass is 468 g/mol. The number of hydrogen-bond donors (Lipinski definition) is 1. The van der Waals surface area contributed by atoms with Crippen LogP contribution in [0.25, 0.3) is 6.08 Å². The fourth-order valence-electron chi connectivity index (χ4n) is 3.77. The van der Waals surface area contributed by atoms with Crippen molar-refractivity contribution in [2.45, 2.75) is 33.6 Å². The Balaban J connectivity index is 1.54. The van der Waals surface area contributed by atoms with Crippen LogP contribution in [-0.4, -0.2) is 22.7 Å². The van der Waals surface area contributed by atoms with E-state index < -0.39 is 5.97 Å². The van der Waals surface area contributed by atoms with Crippen LogP contribution in [0, 0.1) is 5.92 Å². The molecule has 0 fully saturated rings. The van der Waals surface area contributed by atoms with Crippen LogP contribution in [0.1, 0.15) is 55.1 Å². The summed E-state index contributed by atoms with van der Waals surface area (Å²) in [6.45, 7) is 8.28. The quantitative estimate of drug-likeness (QED) is 0.389. The first-order valence-corrected chi connectivity index (χ1v) is 11.6. The van der Waals surface area contributed by atoms with Gasteiger partial charge in [-0.25, -0.2) is 4.79 Å². The summed E-state index contributed by atoms with van der Waals surface area (Å²) in [4.78, 5) is 24.4. The third kappa shape index (κ3) is 5.32. The average Bonchev–Trinajstić information content (AvgIpc) is 3.17. The van der Waals surface area contributed by atoms with Gasteiger partial charge < -0.3 is 9.84 Å². The second-order valence-electron chi connectivity index (χ2n) is 9.06. The molecule has 0 aromatic heterocycles. The van der Waals surface area contributed by atoms with Gasteiger partial charge >= 0.3 is 5.97 Å². The molecule has 3 aromatic rings. The lowest BCUT2D eigenvalue weighted by atomic mass is 9.98. The normalized spacial score (nSPS) is 14.7. The molecule has 0 atom stereocenters. The summed E-state index contributed by atoms with van der Waals surface area (Å²) in [5, 5.41) is 15.0. The number of hydrazone groups is 1. The summed E-state index contributed by atoms with van der Waals surface area (Å²) >= 11 is 0. The Morgan fingerprint density at radius 3 is 1.94 bits per heavy atom. The average molecular weight is 469 g/mol. The predicted octanol–water partition coefficient (Wildman–Crippen LogP) is 6.74. The number of hydrogen-bond acceptors (Lipinski definition) is 4. The highest BCUT2D eigenvalue weighted by Gasteiger charge is 2.32. The lowest BCUT2D eigenvalue weighted by Crippen LogP contribution is -2.21. The number of rotatable bonds is 7. The van der Waals surface area contributed by atoms with Gasteiger partial charge in [0, 0.05) is 0 Å². The first-order chi connectivity index (χ1) is 16.7. The maximum atomic E-state index is 13.2. The third-order valence-corrected chi connectivity index (χ3v) is 5.79. The van der Waals surface area contributed by atoms with Crippen molar-refractivity contribution >= 4 is 29.4 Å². The number of benzene rings is 3. The van der Waals surface area contributed by atoms with Gasteiger partial charge in [0.05, 0.1) is 22.5 Å². The summed E-state index contributed by atoms with van der Waals surface area (Å²) in [5.41, 5.74) is 3.99. The van der Waals surface area contributed by atoms with E-state index in [0.717, 1.165) is 11.3 Å². The number of carboxylic acid groups (broad SMARTS) is 1. The van der Waals surface area contributed by atoms with E-state index in [4.69, 9.17) is 9.84 Å². The Kier molecular flexibility index (Phi) is 6.82. The molecular weight excluding hydrogens is 440 g/mol. The van der Waals surface area contributed by atoms with Gasteiger partial charge in [0.25, 0.3) is 5.91 Å². The summed E-state index contributed by atoms with van der Waals surface area (Å²) < 4.78 is 5.96. The Hall–Kier alpha value is -4.19. The lowest BCUT2D eigenvalue weighted by Gasteiger charge is -2.11. The van der Waals surface area contributed by atoms with Crippen LogP contribution in [0.4, 0.5) is 5.69 Å². The van der Waals surface area contributed by atoms with E-state index in [1.807, 2.05) is 56.3 Å². The van der Waals surface area contributed by atoms with Gasteiger partial charge in [0.15, 0.2) is 0 Å². The molecule has 3 aromatic carbocycles. The van der Waals surface area contributed by atoms with Gasteiger partial charge in [-0.05, 0) is 77.6 Å². The molecule has 1 N–H and O–H groups in total. The van der Waals surface area contributed by atoms with Crippen molar-refractivity contribution in [1.29, 1.82) is 0 Å². The summed E-state index contributed by atoms with van der Waals surface area (Å²) in [7, 11) is 0. The van der Waals surface area contributed by atoms with Crippen LogP contribution in [0.2, 0.25) is 0 Å². The number of aromatic carboxylic acids is 1. The van der Waals surface area contributed by atoms with Crippen LogP contribution >= 0.6 is 0 Å². The molecule has 0 saturated heterocycles. The van der Waals surface area contributed by atoms with Crippen molar-refractivity contribution in [3.8, 4) is 11.5 Å². The molecule has 6 heteroatoms. The highest BCUT2D eigenvalue weighted by molar-refractivity contribution is 6.33. The van der Waals surface area contributed by atoms with Crippen LogP contribution in [0.15, 0.2) is 83.5 Å². The van der Waals surface area contributed by atoms with Gasteiger partial charge in [-0.1, -0.05) is 52.0 Å². The molecular formula is C29H28N2O4. The number of carboxylic acids is 1. The minimum atomic E-state index is -1.02. The molecule has 0 bridgehead atoms. The molecule has 1 heterocycles. The number of nitrogens with zero attached hydrogens (tertiary/aromatic N) is 2. The van der Waals surface area contributed by atoms with E-state index >= 15 is 0 Å². The van der Waals surface area contributed by atoms with E-state index in [1.165, 1.54) is 22.7 Å². The van der Waals surface area contributed by atoms with Crippen LogP contribution in [0.5, 0.6) is 11.5 Å². The second kappa shape index (κ2) is 9.97. The zero-order chi connectivity index (χ0) is 25.1. The van der Waals surface area contributed by atoms with Gasteiger partial charge in [-0.2, -0.15) is 10.1 Å². The number of ether oxygens (including phenoxy) is 1. The Morgan fingerprint density at radius 1 is 0.857 bits per heavy atom. The highest BCUT2D eigenvalue weighted by atomic mass is 16.5. The fraction of sp³-hybridized carbons (Fsp3) is 0.207. The van der Waals surface area contributed by atoms with Crippen molar-refractivity contribution in [3.63, 3.8) is 0 Å². The molecule has 1 aliphatic heterocycles. The van der Waals surface area contributed by atoms with Gasteiger partial charge in [0.1, 0.15) is 11.5 Å². The number of anilines is 1. The molecule has 4 rings (SSSR count). The maximum Gasteiger partial charge on any atom is 0.335 e. The molecule has 6 nitrogen and oxygen atoms in total. The minimum Gasteiger partial charge on any atom is -0.478 e. The van der Waals surface area contributed by atoms with Crippen LogP contribution in [0.3, 0.4) is 0 Å². The molecule has 0 saturated carbocycles. The number of carbonyl (C=O) groups excluding carboxylic acids is 1. The van der Waals surface area contributed by atoms with Crippen molar-refractivity contribution < 1.29 is 19.4 Å². The maximum absolute atomic E-state index is 13.2. The number of amides is 1. The summed E-state index contributed by atoms with van der Waals surface area (Å²) in [6.07, 6.45) is 1.83. The van der Waals surface area contributed by atoms with Crippen molar-refractivity contribution in [2.24, 2.45) is 11.0 Å². The van der Waals surface area contributed by atoms with Crippen molar-refractivity contribution in [2.75, 3.05) is 5.01 Å². The molecule has 0 unspecified atom stereocenters. The lowest BCUT2D eigenvalue weighted by molar-refractivity contribution is -0.114. The van der Waals surface area contributed by atoms with E-state index in [9.17, 15) is 9.59 Å². The SMILES string of the molecule is CC(C)C1=NN(c2ccc(C(=O)O)cc2)C(=O)/C1=C\c1ccc(Oc2ccc(C(C)C)cc2)cc1. The van der Waals surface area contributed by atoms with Gasteiger partial charge in [-0.3, -0.25) is 4.79 Å². The third-order valence-electron chi connectivity index (χ3n) is 5.79. The summed E-state index contributed by atoms with van der Waals surface area (Å²) in [5.74, 6) is 0.711. The van der Waals surface area contributed by atoms with E-state index in [1.54, 1.807) is 12.1 Å². The molecule has 1 aliphatic rings. The first kappa shape index (κ1) is 24.0. The zero-order valence-electron chi connectivity index (χ0n) is 20.2. The standard InChI is InChI=1S/C29H28N2O4/c1-18(2)21-9-15-25(16-10-21)35-24-13-5-20(6-14-24)17-26-27(19(3)4)30-31(28(26)32)23-11-7-22(8-12-23)29(33)34/h5-19H,1-4H3,(H,33,34)/b26-17-. The van der Waals surface area contributed by atoms with E-state index in [2.05, 4.69) is 31.1 Å². The topological polar surface area (TPSA) is 79.2 Å². The van der Waals surface area contributed by atoms with Crippen LogP contribution in [-0.2, 0) is 4.79 Å². The molecule has 1 amide bonds. The van der Waals surface area contributed by atoms with Gasteiger partial charge in [0.2, 0.25) is 0 Å². The van der Waals surface area contributed by atoms with Crippen molar-refractivity contribution in [1.82, 2.24) is 0 Å². The Morgan fingerprint density at radius 2 is 1.43 bits per heavy atom. The van der Waals surface area contributed by atoms with Crippen LogP contribution < -0.4 is 9.75 Å². The zero-order valence-corrected chi connectivity index (χ0v) is 20.2. The van der Waals surface area contributed by atoms with E-state index in [-0.39, 0.29) is 17.4 Å². The molecule has 178 valence electrons. The first-order valence-electron chi connectivity index (χ1n) is 11.6. The summed E-state index contributed by atoms with van der Waals surface area (Å²) in [6, 6.07) is 21.7. The molecule has 0 spiro atoms.